The molecular formula is C51H40O9. The minimum Gasteiger partial charge on any atom is -0.491 e. The van der Waals surface area contributed by atoms with Gasteiger partial charge in [0.2, 0.25) is 12.4 Å². The Kier molecular flexibility index (Phi) is 12.4. The zero-order chi connectivity index (χ0) is 41.1. The summed E-state index contributed by atoms with van der Waals surface area (Å²) in [4.78, 5) is 41.7. The number of carbonyl (C=O) groups excluding carboxylic acids is 3. The number of carbonyl (C=O) groups is 3. The highest BCUT2D eigenvalue weighted by Crippen LogP contribution is 2.34. The molecule has 5 atom stereocenters. The van der Waals surface area contributed by atoms with Gasteiger partial charge in [0.15, 0.2) is 12.2 Å². The number of ether oxygens (including phenoxy) is 6. The molecule has 0 unspecified atom stereocenters. The molecule has 1 fully saturated rings. The van der Waals surface area contributed by atoms with Gasteiger partial charge in [0.05, 0.1) is 16.7 Å². The number of benzene rings is 7. The Bertz CT molecular complexity index is 2460. The van der Waals surface area contributed by atoms with Crippen LogP contribution in [0.3, 0.4) is 0 Å². The first kappa shape index (κ1) is 39.3. The Morgan fingerprint density at radius 2 is 0.733 bits per heavy atom. The quantitative estimate of drug-likeness (QED) is 0.0833. The van der Waals surface area contributed by atoms with Crippen LogP contribution in [0.1, 0.15) is 31.1 Å². The molecule has 0 radical (unpaired) electrons. The zero-order valence-corrected chi connectivity index (χ0v) is 32.3. The fourth-order valence-corrected chi connectivity index (χ4v) is 6.85. The first-order valence-electron chi connectivity index (χ1n) is 19.5. The molecule has 7 aromatic carbocycles. The largest absolute Gasteiger partial charge is 0.491 e. The summed E-state index contributed by atoms with van der Waals surface area (Å²) in [6.45, 7) is -0.178. The molecule has 0 spiro atoms. The zero-order valence-electron chi connectivity index (χ0n) is 32.3. The first-order valence-corrected chi connectivity index (χ1v) is 19.5. The van der Waals surface area contributed by atoms with Crippen LogP contribution in [0.4, 0.5) is 0 Å². The Morgan fingerprint density at radius 1 is 0.383 bits per heavy atom. The van der Waals surface area contributed by atoms with Gasteiger partial charge in [0.25, 0.3) is 0 Å². The third kappa shape index (κ3) is 9.61. The molecule has 1 saturated heterocycles. The topological polar surface area (TPSA) is 107 Å². The predicted octanol–water partition coefficient (Wildman–Crippen LogP) is 9.88. The standard InChI is InChI=1S/C51H40O9/c52-48(39-20-10-3-11-21-39)58-45-44(34-55-42-30-26-37(27-31-42)35-16-6-1-7-17-35)57-51(56-43-32-28-38(29-33-43)36-18-8-2-9-19-36)47(60-50(54)41-24-14-5-15-25-41)46(45)59-49(53)40-22-12-4-13-23-40/h1-33,44-47,51H,34H2/t44-,45-,46+,47+,51+/m1/s1. The average molecular weight is 797 g/mol. The van der Waals surface area contributed by atoms with Crippen molar-refractivity contribution in [1.82, 2.24) is 0 Å². The van der Waals surface area contributed by atoms with Crippen molar-refractivity contribution in [3.05, 3.63) is 217 Å². The lowest BCUT2D eigenvalue weighted by Crippen LogP contribution is -2.64. The van der Waals surface area contributed by atoms with Crippen LogP contribution in [0.5, 0.6) is 11.5 Å². The van der Waals surface area contributed by atoms with Crippen molar-refractivity contribution in [2.75, 3.05) is 6.61 Å². The van der Waals surface area contributed by atoms with Gasteiger partial charge in [-0.15, -0.1) is 0 Å². The molecular weight excluding hydrogens is 757 g/mol. The summed E-state index contributed by atoms with van der Waals surface area (Å²) in [5, 5.41) is 0. The highest BCUT2D eigenvalue weighted by atomic mass is 16.7. The van der Waals surface area contributed by atoms with E-state index in [1.165, 1.54) is 0 Å². The lowest BCUT2D eigenvalue weighted by Gasteiger charge is -2.44. The van der Waals surface area contributed by atoms with Crippen LogP contribution in [-0.2, 0) is 18.9 Å². The van der Waals surface area contributed by atoms with E-state index >= 15 is 0 Å². The molecule has 0 aromatic heterocycles. The fourth-order valence-electron chi connectivity index (χ4n) is 6.85. The van der Waals surface area contributed by atoms with Crippen molar-refractivity contribution in [2.24, 2.45) is 0 Å². The van der Waals surface area contributed by atoms with Crippen molar-refractivity contribution in [3.8, 4) is 33.8 Å². The van der Waals surface area contributed by atoms with Gasteiger partial charge in [-0.25, -0.2) is 14.4 Å². The summed E-state index contributed by atoms with van der Waals surface area (Å²) < 4.78 is 38.1. The Balaban J connectivity index is 1.17. The van der Waals surface area contributed by atoms with Crippen molar-refractivity contribution >= 4 is 17.9 Å². The molecule has 9 nitrogen and oxygen atoms in total. The number of rotatable bonds is 13. The van der Waals surface area contributed by atoms with Gasteiger partial charge in [-0.05, 0) is 82.9 Å². The lowest BCUT2D eigenvalue weighted by atomic mass is 9.97. The van der Waals surface area contributed by atoms with E-state index in [1.807, 2.05) is 97.1 Å². The lowest BCUT2D eigenvalue weighted by molar-refractivity contribution is -0.274. The fraction of sp³-hybridized carbons (Fsp3) is 0.118. The summed E-state index contributed by atoms with van der Waals surface area (Å²) in [6.07, 6.45) is -6.75. The van der Waals surface area contributed by atoms with Crippen LogP contribution in [0.25, 0.3) is 22.3 Å². The van der Waals surface area contributed by atoms with Gasteiger partial charge in [0.1, 0.15) is 24.2 Å². The van der Waals surface area contributed by atoms with Gasteiger partial charge < -0.3 is 28.4 Å². The van der Waals surface area contributed by atoms with E-state index in [4.69, 9.17) is 28.4 Å². The summed E-state index contributed by atoms with van der Waals surface area (Å²) in [5.74, 6) is -1.31. The second-order valence-electron chi connectivity index (χ2n) is 14.0. The van der Waals surface area contributed by atoms with Crippen molar-refractivity contribution in [3.63, 3.8) is 0 Å². The van der Waals surface area contributed by atoms with Gasteiger partial charge >= 0.3 is 17.9 Å². The first-order chi connectivity index (χ1) is 29.5. The molecule has 1 aliphatic rings. The van der Waals surface area contributed by atoms with E-state index in [1.54, 1.807) is 103 Å². The van der Waals surface area contributed by atoms with Gasteiger partial charge in [-0.3, -0.25) is 0 Å². The molecule has 1 aliphatic heterocycles. The summed E-state index contributed by atoms with van der Waals surface area (Å²) in [5.41, 5.74) is 4.71. The molecule has 0 saturated carbocycles. The summed E-state index contributed by atoms with van der Waals surface area (Å²) in [7, 11) is 0. The highest BCUT2D eigenvalue weighted by molar-refractivity contribution is 5.91. The van der Waals surface area contributed by atoms with Gasteiger partial charge in [0, 0.05) is 0 Å². The molecule has 7 aromatic rings. The van der Waals surface area contributed by atoms with Crippen molar-refractivity contribution in [1.29, 1.82) is 0 Å². The molecule has 298 valence electrons. The van der Waals surface area contributed by atoms with E-state index in [0.717, 1.165) is 22.3 Å². The van der Waals surface area contributed by atoms with Crippen LogP contribution in [0, 0.1) is 0 Å². The Labute approximate surface area is 347 Å². The minimum atomic E-state index is -1.45. The molecule has 0 bridgehead atoms. The highest BCUT2D eigenvalue weighted by Gasteiger charge is 2.54. The smallest absolute Gasteiger partial charge is 0.338 e. The van der Waals surface area contributed by atoms with Gasteiger partial charge in [-0.1, -0.05) is 140 Å². The molecule has 9 heteroatoms. The molecule has 0 aliphatic carbocycles. The van der Waals surface area contributed by atoms with Gasteiger partial charge in [-0.2, -0.15) is 0 Å². The van der Waals surface area contributed by atoms with Crippen LogP contribution in [0.2, 0.25) is 0 Å². The van der Waals surface area contributed by atoms with Crippen LogP contribution >= 0.6 is 0 Å². The Hall–Kier alpha value is -7.49. The number of hydrogen-bond donors (Lipinski definition) is 0. The van der Waals surface area contributed by atoms with E-state index in [0.29, 0.717) is 11.5 Å². The SMILES string of the molecule is O=C(O[C@@H]1[C@H](OC(=O)c2ccccc2)[C@@H](Oc2ccc(-c3ccccc3)cc2)O[C@H](COc2ccc(-c3ccccc3)cc2)[C@H]1OC(=O)c1ccccc1)c1ccccc1. The molecule has 8 rings (SSSR count). The third-order valence-corrected chi connectivity index (χ3v) is 9.94. The molecule has 0 amide bonds. The normalized spacial score (nSPS) is 18.4. The van der Waals surface area contributed by atoms with Crippen LogP contribution in [-0.4, -0.2) is 55.2 Å². The maximum absolute atomic E-state index is 14.0. The number of hydrogen-bond acceptors (Lipinski definition) is 9. The summed E-state index contributed by atoms with van der Waals surface area (Å²) >= 11 is 0. The van der Waals surface area contributed by atoms with Crippen molar-refractivity contribution < 1.29 is 42.8 Å². The number of esters is 3. The van der Waals surface area contributed by atoms with E-state index < -0.39 is 48.6 Å². The van der Waals surface area contributed by atoms with Crippen LogP contribution < -0.4 is 9.47 Å². The summed E-state index contributed by atoms with van der Waals surface area (Å²) in [6, 6.07) is 59.8. The average Bonchev–Trinajstić information content (AvgIpc) is 3.32. The maximum atomic E-state index is 14.0. The third-order valence-electron chi connectivity index (χ3n) is 9.94. The monoisotopic (exact) mass is 796 g/mol. The minimum absolute atomic E-state index is 0.178. The molecule has 1 heterocycles. The van der Waals surface area contributed by atoms with Crippen LogP contribution in [0.15, 0.2) is 200 Å². The predicted molar refractivity (Wildman–Crippen MR) is 225 cm³/mol. The second kappa shape index (κ2) is 18.8. The second-order valence-corrected chi connectivity index (χ2v) is 14.0. The van der Waals surface area contributed by atoms with E-state index in [9.17, 15) is 14.4 Å². The molecule has 0 N–H and O–H groups in total. The van der Waals surface area contributed by atoms with Crippen molar-refractivity contribution in [2.45, 2.75) is 30.7 Å². The maximum Gasteiger partial charge on any atom is 0.338 e. The van der Waals surface area contributed by atoms with E-state index in [-0.39, 0.29) is 23.3 Å². The Morgan fingerprint density at radius 3 is 1.17 bits per heavy atom. The van der Waals surface area contributed by atoms with E-state index in [2.05, 4.69) is 0 Å². The molecule has 60 heavy (non-hydrogen) atoms.